The third kappa shape index (κ3) is 3.22. The number of Topliss-reactive ketones (excluding diaryl/α,β-unsaturated/α-hetero) is 1. The molecule has 1 aliphatic carbocycles. The molecule has 1 saturated carbocycles. The van der Waals surface area contributed by atoms with Gasteiger partial charge in [0.05, 0.1) is 5.02 Å². The van der Waals surface area contributed by atoms with Crippen LogP contribution in [0.1, 0.15) is 43.0 Å². The van der Waals surface area contributed by atoms with Gasteiger partial charge in [-0.05, 0) is 53.5 Å². The largest absolute Gasteiger partial charge is 0.294 e. The molecule has 0 radical (unpaired) electrons. The van der Waals surface area contributed by atoms with Crippen molar-refractivity contribution >= 4 is 40.0 Å². The minimum absolute atomic E-state index is 0.210. The predicted octanol–water partition coefficient (Wildman–Crippen LogP) is 4.95. The number of hydrogen-bond donors (Lipinski definition) is 0. The van der Waals surface area contributed by atoms with E-state index in [2.05, 4.69) is 29.5 Å². The van der Waals surface area contributed by atoms with Crippen LogP contribution in [0.5, 0.6) is 0 Å². The molecule has 1 aromatic rings. The summed E-state index contributed by atoms with van der Waals surface area (Å²) in [5, 5.41) is 0.681. The zero-order valence-electron chi connectivity index (χ0n) is 9.88. The maximum Gasteiger partial charge on any atom is 0.165 e. The molecule has 0 aliphatic heterocycles. The monoisotopic (exact) mass is 362 g/mol. The standard InChI is InChI=1S/C14H16ClIO/c1-9-2-4-10(5-3-9)14(17)11-6-7-13(16)12(15)8-11/h6-10H,2-5H2,1H3. The van der Waals surface area contributed by atoms with E-state index in [1.807, 2.05) is 18.2 Å². The highest BCUT2D eigenvalue weighted by molar-refractivity contribution is 14.1. The highest BCUT2D eigenvalue weighted by Crippen LogP contribution is 2.31. The molecule has 0 atom stereocenters. The van der Waals surface area contributed by atoms with Gasteiger partial charge < -0.3 is 0 Å². The average molecular weight is 363 g/mol. The number of halogens is 2. The van der Waals surface area contributed by atoms with E-state index >= 15 is 0 Å². The summed E-state index contributed by atoms with van der Waals surface area (Å²) in [6.07, 6.45) is 4.41. The average Bonchev–Trinajstić information content (AvgIpc) is 2.33. The first-order valence-electron chi connectivity index (χ1n) is 6.07. The van der Waals surface area contributed by atoms with Crippen molar-refractivity contribution in [3.8, 4) is 0 Å². The van der Waals surface area contributed by atoms with E-state index in [0.29, 0.717) is 5.02 Å². The molecule has 0 bridgehead atoms. The summed E-state index contributed by atoms with van der Waals surface area (Å²) in [6, 6.07) is 5.62. The molecule has 0 amide bonds. The van der Waals surface area contributed by atoms with E-state index in [0.717, 1.165) is 27.9 Å². The van der Waals surface area contributed by atoms with Gasteiger partial charge in [0.1, 0.15) is 0 Å². The lowest BCUT2D eigenvalue weighted by atomic mass is 9.79. The topological polar surface area (TPSA) is 17.1 Å². The Balaban J connectivity index is 2.11. The molecule has 3 heteroatoms. The van der Waals surface area contributed by atoms with Crippen molar-refractivity contribution < 1.29 is 4.79 Å². The Morgan fingerprint density at radius 2 is 1.94 bits per heavy atom. The summed E-state index contributed by atoms with van der Waals surface area (Å²) in [6.45, 7) is 2.27. The van der Waals surface area contributed by atoms with E-state index in [-0.39, 0.29) is 11.7 Å². The summed E-state index contributed by atoms with van der Waals surface area (Å²) in [4.78, 5) is 12.3. The Morgan fingerprint density at radius 3 is 2.53 bits per heavy atom. The first kappa shape index (κ1) is 13.3. The number of benzene rings is 1. The van der Waals surface area contributed by atoms with Gasteiger partial charge in [0.25, 0.3) is 0 Å². The Labute approximate surface area is 121 Å². The number of carbonyl (C=O) groups excluding carboxylic acids is 1. The summed E-state index contributed by atoms with van der Waals surface area (Å²) in [5.74, 6) is 1.26. The van der Waals surface area contributed by atoms with Gasteiger partial charge in [-0.15, -0.1) is 0 Å². The molecule has 1 aromatic carbocycles. The van der Waals surface area contributed by atoms with Gasteiger partial charge in [-0.25, -0.2) is 0 Å². The maximum absolute atomic E-state index is 12.3. The van der Waals surface area contributed by atoms with Gasteiger partial charge in [-0.2, -0.15) is 0 Å². The van der Waals surface area contributed by atoms with E-state index in [1.54, 1.807) is 0 Å². The SMILES string of the molecule is CC1CCC(C(=O)c2ccc(I)c(Cl)c2)CC1. The number of ketones is 1. The molecular formula is C14H16ClIO. The molecule has 0 aromatic heterocycles. The molecule has 0 spiro atoms. The van der Waals surface area contributed by atoms with Crippen LogP contribution in [0, 0.1) is 15.4 Å². The molecule has 0 N–H and O–H groups in total. The molecule has 1 nitrogen and oxygen atoms in total. The zero-order valence-corrected chi connectivity index (χ0v) is 12.8. The van der Waals surface area contributed by atoms with Crippen molar-refractivity contribution in [3.05, 3.63) is 32.4 Å². The number of hydrogen-bond acceptors (Lipinski definition) is 1. The van der Waals surface area contributed by atoms with Gasteiger partial charge in [0.2, 0.25) is 0 Å². The number of carbonyl (C=O) groups is 1. The van der Waals surface area contributed by atoms with Crippen molar-refractivity contribution in [3.63, 3.8) is 0 Å². The van der Waals surface area contributed by atoms with Crippen LogP contribution in [0.2, 0.25) is 5.02 Å². The smallest absolute Gasteiger partial charge is 0.165 e. The fraction of sp³-hybridized carbons (Fsp3) is 0.500. The quantitative estimate of drug-likeness (QED) is 0.537. The molecule has 0 heterocycles. The lowest BCUT2D eigenvalue weighted by Crippen LogP contribution is -2.21. The minimum Gasteiger partial charge on any atom is -0.294 e. The third-order valence-electron chi connectivity index (χ3n) is 3.59. The molecule has 0 saturated heterocycles. The first-order chi connectivity index (χ1) is 8.08. The fourth-order valence-electron chi connectivity index (χ4n) is 2.41. The lowest BCUT2D eigenvalue weighted by molar-refractivity contribution is 0.0875. The fourth-order valence-corrected chi connectivity index (χ4v) is 2.92. The van der Waals surface area contributed by atoms with Crippen LogP contribution in [-0.2, 0) is 0 Å². The predicted molar refractivity (Wildman–Crippen MR) is 79.6 cm³/mol. The molecular weight excluding hydrogens is 347 g/mol. The van der Waals surface area contributed by atoms with Crippen molar-refractivity contribution in [2.24, 2.45) is 11.8 Å². The van der Waals surface area contributed by atoms with E-state index < -0.39 is 0 Å². The van der Waals surface area contributed by atoms with Crippen LogP contribution in [-0.4, -0.2) is 5.78 Å². The van der Waals surface area contributed by atoms with Crippen molar-refractivity contribution in [2.75, 3.05) is 0 Å². The second-order valence-corrected chi connectivity index (χ2v) is 6.52. The Kier molecular flexibility index (Phi) is 4.47. The Morgan fingerprint density at radius 1 is 1.29 bits per heavy atom. The van der Waals surface area contributed by atoms with Crippen molar-refractivity contribution in [1.29, 1.82) is 0 Å². The number of rotatable bonds is 2. The summed E-state index contributed by atoms with van der Waals surface area (Å²) < 4.78 is 0.998. The Hall–Kier alpha value is -0.0900. The van der Waals surface area contributed by atoms with Crippen LogP contribution in [0.15, 0.2) is 18.2 Å². The second-order valence-electron chi connectivity index (χ2n) is 4.95. The van der Waals surface area contributed by atoms with Crippen molar-refractivity contribution in [2.45, 2.75) is 32.6 Å². The Bertz CT molecular complexity index is 422. The van der Waals surface area contributed by atoms with Crippen molar-refractivity contribution in [1.82, 2.24) is 0 Å². The van der Waals surface area contributed by atoms with Gasteiger partial charge in [0.15, 0.2) is 5.78 Å². The van der Waals surface area contributed by atoms with Crippen LogP contribution >= 0.6 is 34.2 Å². The normalized spacial score (nSPS) is 24.6. The van der Waals surface area contributed by atoms with Gasteiger partial charge in [0, 0.05) is 15.1 Å². The first-order valence-corrected chi connectivity index (χ1v) is 7.53. The van der Waals surface area contributed by atoms with E-state index in [9.17, 15) is 4.79 Å². The maximum atomic E-state index is 12.3. The van der Waals surface area contributed by atoms with Gasteiger partial charge >= 0.3 is 0 Å². The minimum atomic E-state index is 0.210. The molecule has 1 aliphatic rings. The van der Waals surface area contributed by atoms with Crippen LogP contribution in [0.4, 0.5) is 0 Å². The highest BCUT2D eigenvalue weighted by atomic mass is 127. The lowest BCUT2D eigenvalue weighted by Gasteiger charge is -2.25. The summed E-state index contributed by atoms with van der Waals surface area (Å²) in [5.41, 5.74) is 0.773. The second kappa shape index (κ2) is 5.70. The molecule has 0 unspecified atom stereocenters. The van der Waals surface area contributed by atoms with E-state index in [1.165, 1.54) is 12.8 Å². The van der Waals surface area contributed by atoms with Crippen LogP contribution < -0.4 is 0 Å². The molecule has 2 rings (SSSR count). The van der Waals surface area contributed by atoms with E-state index in [4.69, 9.17) is 11.6 Å². The van der Waals surface area contributed by atoms with Crippen LogP contribution in [0.3, 0.4) is 0 Å². The molecule has 1 fully saturated rings. The zero-order chi connectivity index (χ0) is 12.4. The summed E-state index contributed by atoms with van der Waals surface area (Å²) in [7, 11) is 0. The van der Waals surface area contributed by atoms with Gasteiger partial charge in [-0.1, -0.05) is 37.4 Å². The van der Waals surface area contributed by atoms with Crippen LogP contribution in [0.25, 0.3) is 0 Å². The van der Waals surface area contributed by atoms with Gasteiger partial charge in [-0.3, -0.25) is 4.79 Å². The third-order valence-corrected chi connectivity index (χ3v) is 5.16. The molecule has 17 heavy (non-hydrogen) atoms. The highest BCUT2D eigenvalue weighted by Gasteiger charge is 2.25. The summed E-state index contributed by atoms with van der Waals surface area (Å²) >= 11 is 8.24. The molecule has 92 valence electrons.